The van der Waals surface area contributed by atoms with E-state index in [0.29, 0.717) is 12.2 Å². The van der Waals surface area contributed by atoms with Gasteiger partial charge in [-0.3, -0.25) is 4.79 Å². The van der Waals surface area contributed by atoms with Crippen LogP contribution in [0.25, 0.3) is 22.3 Å². The molecule has 0 N–H and O–H groups in total. The Balaban J connectivity index is 1.75. The maximum absolute atomic E-state index is 14.4. The molecule has 0 spiro atoms. The van der Waals surface area contributed by atoms with Crippen molar-refractivity contribution in [3.63, 3.8) is 0 Å². The van der Waals surface area contributed by atoms with Gasteiger partial charge in [-0.2, -0.15) is 0 Å². The van der Waals surface area contributed by atoms with E-state index in [9.17, 15) is 9.28 Å². The van der Waals surface area contributed by atoms with Crippen LogP contribution >= 0.6 is 0 Å². The van der Waals surface area contributed by atoms with Gasteiger partial charge in [0.15, 0.2) is 0 Å². The zero-order valence-corrected chi connectivity index (χ0v) is 14.8. The summed E-state index contributed by atoms with van der Waals surface area (Å²) in [6.45, 7) is 3.62. The van der Waals surface area contributed by atoms with Crippen molar-refractivity contribution in [2.75, 3.05) is 5.12 Å². The fourth-order valence-electron chi connectivity index (χ4n) is 2.64. The Labute approximate surface area is 152 Å². The van der Waals surface area contributed by atoms with Gasteiger partial charge in [-0.1, -0.05) is 36.5 Å². The van der Waals surface area contributed by atoms with Gasteiger partial charge in [0, 0.05) is 29.7 Å². The molecule has 26 heavy (non-hydrogen) atoms. The van der Waals surface area contributed by atoms with Crippen LogP contribution < -0.4 is 5.12 Å². The van der Waals surface area contributed by atoms with Crippen LogP contribution in [0.1, 0.15) is 26.7 Å². The quantitative estimate of drug-likeness (QED) is 0.443. The third kappa shape index (κ3) is 3.78. The SMILES string of the molecule is CCC#CCC(C)C(=O)N(F)c1ccc(-c2cc3ccccc3o2)cc1. The average molecular weight is 349 g/mol. The van der Waals surface area contributed by atoms with Crippen molar-refractivity contribution in [2.45, 2.75) is 26.7 Å². The Bertz CT molecular complexity index is 930. The second-order valence-corrected chi connectivity index (χ2v) is 6.13. The number of hydrogen-bond donors (Lipinski definition) is 0. The second-order valence-electron chi connectivity index (χ2n) is 6.13. The summed E-state index contributed by atoms with van der Waals surface area (Å²) in [5.74, 6) is 5.41. The highest BCUT2D eigenvalue weighted by Crippen LogP contribution is 2.29. The van der Waals surface area contributed by atoms with Gasteiger partial charge in [0.25, 0.3) is 5.91 Å². The molecule has 1 aromatic heterocycles. The summed E-state index contributed by atoms with van der Waals surface area (Å²) in [5, 5.41) is 1.21. The molecule has 0 saturated carbocycles. The van der Waals surface area contributed by atoms with Crippen molar-refractivity contribution in [1.82, 2.24) is 0 Å². The van der Waals surface area contributed by atoms with E-state index in [2.05, 4.69) is 11.8 Å². The predicted octanol–water partition coefficient (Wildman–Crippen LogP) is 5.76. The molecule has 0 aliphatic rings. The highest BCUT2D eigenvalue weighted by Gasteiger charge is 2.21. The smallest absolute Gasteiger partial charge is 0.258 e. The van der Waals surface area contributed by atoms with Crippen LogP contribution in [0.2, 0.25) is 0 Å². The molecule has 132 valence electrons. The lowest BCUT2D eigenvalue weighted by atomic mass is 10.1. The maximum Gasteiger partial charge on any atom is 0.258 e. The second kappa shape index (κ2) is 7.88. The molecule has 1 heterocycles. The third-order valence-electron chi connectivity index (χ3n) is 4.13. The first-order chi connectivity index (χ1) is 12.6. The molecule has 4 heteroatoms. The van der Waals surface area contributed by atoms with Crippen LogP contribution in [0.3, 0.4) is 0 Å². The molecule has 1 amide bonds. The molecule has 3 nitrogen and oxygen atoms in total. The Morgan fingerprint density at radius 2 is 1.88 bits per heavy atom. The molecule has 0 fully saturated rings. The van der Waals surface area contributed by atoms with Gasteiger partial charge in [-0.15, -0.1) is 17.0 Å². The summed E-state index contributed by atoms with van der Waals surface area (Å²) in [7, 11) is 0. The summed E-state index contributed by atoms with van der Waals surface area (Å²) in [5.41, 5.74) is 1.83. The normalized spacial score (nSPS) is 11.7. The van der Waals surface area contributed by atoms with Crippen molar-refractivity contribution in [1.29, 1.82) is 0 Å². The average Bonchev–Trinajstić information content (AvgIpc) is 3.11. The predicted molar refractivity (Wildman–Crippen MR) is 102 cm³/mol. The number of fused-ring (bicyclic) bond motifs is 1. The van der Waals surface area contributed by atoms with E-state index in [1.165, 1.54) is 0 Å². The van der Waals surface area contributed by atoms with Crippen molar-refractivity contribution in [3.8, 4) is 23.2 Å². The Morgan fingerprint density at radius 3 is 2.58 bits per heavy atom. The molecule has 2 aromatic carbocycles. The summed E-state index contributed by atoms with van der Waals surface area (Å²) < 4.78 is 20.2. The van der Waals surface area contributed by atoms with E-state index in [1.54, 1.807) is 31.2 Å². The molecule has 0 radical (unpaired) electrons. The van der Waals surface area contributed by atoms with Crippen LogP contribution in [0.4, 0.5) is 10.2 Å². The largest absolute Gasteiger partial charge is 0.456 e. The van der Waals surface area contributed by atoms with Crippen molar-refractivity contribution >= 4 is 22.6 Å². The van der Waals surface area contributed by atoms with Crippen molar-refractivity contribution in [3.05, 3.63) is 54.6 Å². The van der Waals surface area contributed by atoms with Gasteiger partial charge in [-0.25, -0.2) is 0 Å². The van der Waals surface area contributed by atoms with Crippen LogP contribution in [0, 0.1) is 17.8 Å². The number of amides is 1. The molecular formula is C22H20FNO2. The molecule has 1 unspecified atom stereocenters. The standard InChI is InChI=1S/C22H20FNO2/c1-3-4-5-8-16(2)22(25)24(23)19-13-11-17(12-14-19)21-15-18-9-6-7-10-20(18)26-21/h6-7,9-16H,3,8H2,1-2H3. The van der Waals surface area contributed by atoms with Gasteiger partial charge in [0.05, 0.1) is 5.69 Å². The molecule has 3 rings (SSSR count). The van der Waals surface area contributed by atoms with Gasteiger partial charge >= 0.3 is 0 Å². The van der Waals surface area contributed by atoms with E-state index in [-0.39, 0.29) is 10.8 Å². The molecule has 0 bridgehead atoms. The van der Waals surface area contributed by atoms with Crippen LogP contribution in [0.5, 0.6) is 0 Å². The van der Waals surface area contributed by atoms with Crippen LogP contribution in [0.15, 0.2) is 59.0 Å². The monoisotopic (exact) mass is 349 g/mol. The minimum Gasteiger partial charge on any atom is -0.456 e. The summed E-state index contributed by atoms with van der Waals surface area (Å²) in [6, 6.07) is 16.3. The van der Waals surface area contributed by atoms with Crippen molar-refractivity contribution in [2.24, 2.45) is 5.92 Å². The summed E-state index contributed by atoms with van der Waals surface area (Å²) in [6.07, 6.45) is 1.08. The Hall–Kier alpha value is -3.06. The van der Waals surface area contributed by atoms with Crippen LogP contribution in [-0.4, -0.2) is 5.91 Å². The first-order valence-corrected chi connectivity index (χ1v) is 8.64. The first kappa shape index (κ1) is 17.8. The van der Waals surface area contributed by atoms with E-state index in [0.717, 1.165) is 23.0 Å². The molecule has 1 atom stereocenters. The van der Waals surface area contributed by atoms with Crippen LogP contribution in [-0.2, 0) is 4.79 Å². The number of carbonyl (C=O) groups excluding carboxylic acids is 1. The number of anilines is 1. The minimum absolute atomic E-state index is 0.195. The minimum atomic E-state index is -0.591. The fourth-order valence-corrected chi connectivity index (χ4v) is 2.64. The van der Waals surface area contributed by atoms with Gasteiger partial charge in [0.1, 0.15) is 11.3 Å². The number of rotatable bonds is 4. The number of furan rings is 1. The Morgan fingerprint density at radius 1 is 1.15 bits per heavy atom. The number of nitrogens with zero attached hydrogens (tertiary/aromatic N) is 1. The highest BCUT2D eigenvalue weighted by molar-refractivity contribution is 5.93. The number of halogens is 1. The maximum atomic E-state index is 14.4. The topological polar surface area (TPSA) is 33.5 Å². The molecular weight excluding hydrogens is 329 g/mol. The van der Waals surface area contributed by atoms with Crippen molar-refractivity contribution < 1.29 is 13.7 Å². The van der Waals surface area contributed by atoms with E-state index >= 15 is 0 Å². The Kier molecular flexibility index (Phi) is 5.38. The number of hydrogen-bond acceptors (Lipinski definition) is 2. The van der Waals surface area contributed by atoms with E-state index in [4.69, 9.17) is 4.42 Å². The summed E-state index contributed by atoms with van der Waals surface area (Å²) >= 11 is 0. The van der Waals surface area contributed by atoms with E-state index < -0.39 is 11.8 Å². The number of benzene rings is 2. The van der Waals surface area contributed by atoms with Gasteiger partial charge in [-0.05, 0) is 36.4 Å². The lowest BCUT2D eigenvalue weighted by molar-refractivity contribution is -0.124. The lowest BCUT2D eigenvalue weighted by Crippen LogP contribution is -2.27. The molecule has 3 aromatic rings. The zero-order chi connectivity index (χ0) is 18.5. The third-order valence-corrected chi connectivity index (χ3v) is 4.13. The molecule has 0 aliphatic carbocycles. The summed E-state index contributed by atoms with van der Waals surface area (Å²) in [4.78, 5) is 12.2. The molecule has 0 aliphatic heterocycles. The highest BCUT2D eigenvalue weighted by atomic mass is 19.2. The number of carbonyl (C=O) groups is 1. The fraction of sp³-hybridized carbons (Fsp3) is 0.227. The number of para-hydroxylation sites is 1. The van der Waals surface area contributed by atoms with Gasteiger partial charge < -0.3 is 4.42 Å². The van der Waals surface area contributed by atoms with E-state index in [1.807, 2.05) is 37.3 Å². The zero-order valence-electron chi connectivity index (χ0n) is 14.8. The van der Waals surface area contributed by atoms with Gasteiger partial charge in [0.2, 0.25) is 0 Å². The molecule has 0 saturated heterocycles. The lowest BCUT2D eigenvalue weighted by Gasteiger charge is -2.15. The first-order valence-electron chi connectivity index (χ1n) is 8.64.